The third kappa shape index (κ3) is 5.33. The van der Waals surface area contributed by atoms with Gasteiger partial charge in [-0.05, 0) is 54.7 Å². The van der Waals surface area contributed by atoms with Gasteiger partial charge in [-0.25, -0.2) is 0 Å². The summed E-state index contributed by atoms with van der Waals surface area (Å²) in [5, 5.41) is 15.3. The van der Waals surface area contributed by atoms with E-state index in [4.69, 9.17) is 0 Å². The summed E-state index contributed by atoms with van der Waals surface area (Å²) in [6, 6.07) is 14.1. The van der Waals surface area contributed by atoms with Crippen LogP contribution in [0.15, 0.2) is 46.8 Å². The molecule has 7 heteroatoms. The summed E-state index contributed by atoms with van der Waals surface area (Å²) in [6.07, 6.45) is 0. The number of aryl methyl sites for hydroxylation is 1. The van der Waals surface area contributed by atoms with E-state index in [9.17, 15) is 4.79 Å². The fourth-order valence-electron chi connectivity index (χ4n) is 2.60. The molecule has 2 aromatic carbocycles. The van der Waals surface area contributed by atoms with E-state index in [1.165, 1.54) is 39.8 Å². The van der Waals surface area contributed by atoms with Crippen molar-refractivity contribution in [1.82, 2.24) is 10.2 Å². The SMILES string of the molecule is Cc1cccc(Nc2nnc(SCC(=O)Nc3ccc(C(C)C)cc3)s2)c1C. The van der Waals surface area contributed by atoms with Gasteiger partial charge in [0.15, 0.2) is 4.34 Å². The maximum absolute atomic E-state index is 12.2. The molecule has 0 unspecified atom stereocenters. The molecule has 146 valence electrons. The smallest absolute Gasteiger partial charge is 0.234 e. The number of hydrogen-bond donors (Lipinski definition) is 2. The molecule has 3 rings (SSSR count). The van der Waals surface area contributed by atoms with E-state index >= 15 is 0 Å². The Labute approximate surface area is 174 Å². The van der Waals surface area contributed by atoms with Gasteiger partial charge in [-0.3, -0.25) is 4.79 Å². The number of aromatic nitrogens is 2. The van der Waals surface area contributed by atoms with Crippen molar-refractivity contribution in [3.05, 3.63) is 59.2 Å². The lowest BCUT2D eigenvalue weighted by Gasteiger charge is -2.08. The minimum absolute atomic E-state index is 0.0541. The first-order valence-electron chi connectivity index (χ1n) is 9.11. The van der Waals surface area contributed by atoms with Crippen molar-refractivity contribution < 1.29 is 4.79 Å². The van der Waals surface area contributed by atoms with Crippen LogP contribution in [-0.4, -0.2) is 21.9 Å². The standard InChI is InChI=1S/C21H24N4OS2/c1-13(2)16-8-10-17(11-9-16)22-19(26)12-27-21-25-24-20(28-21)23-18-7-5-6-14(3)15(18)4/h5-11,13H,12H2,1-4H3,(H,22,26)(H,23,24). The summed E-state index contributed by atoms with van der Waals surface area (Å²) < 4.78 is 0.762. The molecule has 28 heavy (non-hydrogen) atoms. The Kier molecular flexibility index (Phi) is 6.70. The molecule has 0 radical (unpaired) electrons. The van der Waals surface area contributed by atoms with Crippen LogP contribution in [0.2, 0.25) is 0 Å². The average Bonchev–Trinajstić information content (AvgIpc) is 3.12. The highest BCUT2D eigenvalue weighted by molar-refractivity contribution is 8.01. The number of rotatable bonds is 7. The molecule has 0 aliphatic heterocycles. The Morgan fingerprint density at radius 1 is 1.11 bits per heavy atom. The van der Waals surface area contributed by atoms with Gasteiger partial charge in [-0.2, -0.15) is 0 Å². The lowest BCUT2D eigenvalue weighted by atomic mass is 10.0. The zero-order chi connectivity index (χ0) is 20.1. The molecule has 0 saturated carbocycles. The summed E-state index contributed by atoms with van der Waals surface area (Å²) in [6.45, 7) is 8.45. The van der Waals surface area contributed by atoms with Gasteiger partial charge in [0.1, 0.15) is 0 Å². The lowest BCUT2D eigenvalue weighted by Crippen LogP contribution is -2.13. The highest BCUT2D eigenvalue weighted by Crippen LogP contribution is 2.29. The number of carbonyl (C=O) groups excluding carboxylic acids is 1. The topological polar surface area (TPSA) is 66.9 Å². The lowest BCUT2D eigenvalue weighted by molar-refractivity contribution is -0.113. The maximum atomic E-state index is 12.2. The monoisotopic (exact) mass is 412 g/mol. The number of anilines is 3. The Morgan fingerprint density at radius 3 is 2.57 bits per heavy atom. The number of thioether (sulfide) groups is 1. The van der Waals surface area contributed by atoms with E-state index in [2.05, 4.69) is 54.6 Å². The van der Waals surface area contributed by atoms with Crippen LogP contribution in [0.1, 0.15) is 36.5 Å². The third-order valence-corrected chi connectivity index (χ3v) is 6.41. The zero-order valence-corrected chi connectivity index (χ0v) is 18.1. The number of carbonyl (C=O) groups is 1. The molecule has 0 aliphatic carbocycles. The number of nitrogens with zero attached hydrogens (tertiary/aromatic N) is 2. The Balaban J connectivity index is 1.52. The van der Waals surface area contributed by atoms with Crippen LogP contribution < -0.4 is 10.6 Å². The highest BCUT2D eigenvalue weighted by Gasteiger charge is 2.10. The molecule has 1 heterocycles. The Hall–Kier alpha value is -2.38. The molecule has 0 atom stereocenters. The number of benzene rings is 2. The first-order chi connectivity index (χ1) is 13.4. The van der Waals surface area contributed by atoms with Crippen LogP contribution in [0, 0.1) is 13.8 Å². The molecule has 0 bridgehead atoms. The summed E-state index contributed by atoms with van der Waals surface area (Å²) >= 11 is 2.83. The predicted molar refractivity (Wildman–Crippen MR) is 119 cm³/mol. The molecule has 0 aliphatic rings. The van der Waals surface area contributed by atoms with Gasteiger partial charge >= 0.3 is 0 Å². The fourth-order valence-corrected chi connectivity index (χ4v) is 4.16. The van der Waals surface area contributed by atoms with E-state index in [1.54, 1.807) is 0 Å². The number of amides is 1. The molecule has 0 saturated heterocycles. The molecule has 5 nitrogen and oxygen atoms in total. The molecular formula is C21H24N4OS2. The largest absolute Gasteiger partial charge is 0.330 e. The van der Waals surface area contributed by atoms with Crippen LogP contribution in [0.5, 0.6) is 0 Å². The second-order valence-corrected chi connectivity index (χ2v) is 9.06. The van der Waals surface area contributed by atoms with E-state index in [1.807, 2.05) is 36.4 Å². The second kappa shape index (κ2) is 9.21. The summed E-state index contributed by atoms with van der Waals surface area (Å²) in [5.74, 6) is 0.718. The molecule has 3 aromatic rings. The summed E-state index contributed by atoms with van der Waals surface area (Å²) in [4.78, 5) is 12.2. The van der Waals surface area contributed by atoms with Crippen LogP contribution in [0.25, 0.3) is 0 Å². The first kappa shape index (κ1) is 20.4. The van der Waals surface area contributed by atoms with E-state index in [-0.39, 0.29) is 5.91 Å². The number of hydrogen-bond acceptors (Lipinski definition) is 6. The van der Waals surface area contributed by atoms with Gasteiger partial charge in [0.2, 0.25) is 11.0 Å². The molecule has 1 aromatic heterocycles. The minimum Gasteiger partial charge on any atom is -0.330 e. The summed E-state index contributed by atoms with van der Waals surface area (Å²) in [7, 11) is 0. The number of nitrogens with one attached hydrogen (secondary N) is 2. The Bertz CT molecular complexity index is 951. The van der Waals surface area contributed by atoms with Crippen LogP contribution in [0.4, 0.5) is 16.5 Å². The van der Waals surface area contributed by atoms with Crippen molar-refractivity contribution in [1.29, 1.82) is 0 Å². The quantitative estimate of drug-likeness (QED) is 0.484. The summed E-state index contributed by atoms with van der Waals surface area (Å²) in [5.41, 5.74) is 5.50. The van der Waals surface area contributed by atoms with Gasteiger partial charge < -0.3 is 10.6 Å². The maximum Gasteiger partial charge on any atom is 0.234 e. The van der Waals surface area contributed by atoms with Crippen molar-refractivity contribution in [3.63, 3.8) is 0 Å². The van der Waals surface area contributed by atoms with Gasteiger partial charge in [0.05, 0.1) is 5.75 Å². The molecule has 0 spiro atoms. The highest BCUT2D eigenvalue weighted by atomic mass is 32.2. The zero-order valence-electron chi connectivity index (χ0n) is 16.4. The van der Waals surface area contributed by atoms with Gasteiger partial charge in [0, 0.05) is 11.4 Å². The van der Waals surface area contributed by atoms with E-state index in [0.29, 0.717) is 11.7 Å². The van der Waals surface area contributed by atoms with Crippen LogP contribution in [0.3, 0.4) is 0 Å². The van der Waals surface area contributed by atoms with Crippen molar-refractivity contribution in [3.8, 4) is 0 Å². The van der Waals surface area contributed by atoms with Crippen LogP contribution in [-0.2, 0) is 4.79 Å². The van der Waals surface area contributed by atoms with Gasteiger partial charge in [-0.15, -0.1) is 10.2 Å². The van der Waals surface area contributed by atoms with Gasteiger partial charge in [0.25, 0.3) is 0 Å². The van der Waals surface area contributed by atoms with Crippen molar-refractivity contribution in [2.24, 2.45) is 0 Å². The first-order valence-corrected chi connectivity index (χ1v) is 10.9. The Morgan fingerprint density at radius 2 is 1.86 bits per heavy atom. The third-order valence-electron chi connectivity index (χ3n) is 4.44. The molecule has 1 amide bonds. The molecule has 0 fully saturated rings. The average molecular weight is 413 g/mol. The van der Waals surface area contributed by atoms with Crippen molar-refractivity contribution in [2.75, 3.05) is 16.4 Å². The normalized spacial score (nSPS) is 10.9. The van der Waals surface area contributed by atoms with Crippen molar-refractivity contribution in [2.45, 2.75) is 38.0 Å². The van der Waals surface area contributed by atoms with Crippen LogP contribution >= 0.6 is 23.1 Å². The van der Waals surface area contributed by atoms with Gasteiger partial charge in [-0.1, -0.05) is 61.2 Å². The predicted octanol–water partition coefficient (Wildman–Crippen LogP) is 5.75. The van der Waals surface area contributed by atoms with Crippen molar-refractivity contribution >= 4 is 45.5 Å². The molecular weight excluding hydrogens is 388 g/mol. The van der Waals surface area contributed by atoms with E-state index in [0.717, 1.165) is 20.8 Å². The fraction of sp³-hybridized carbons (Fsp3) is 0.286. The minimum atomic E-state index is -0.0541. The van der Waals surface area contributed by atoms with E-state index < -0.39 is 0 Å². The molecule has 2 N–H and O–H groups in total. The second-order valence-electron chi connectivity index (χ2n) is 6.86.